The van der Waals surface area contributed by atoms with E-state index < -0.39 is 0 Å². The van der Waals surface area contributed by atoms with E-state index in [1.165, 1.54) is 11.1 Å². The fraction of sp³-hybridized carbons (Fsp3) is 0.815. The monoisotopic (exact) mass is 425 g/mol. The zero-order valence-corrected chi connectivity index (χ0v) is 19.6. The number of fused-ring (bicyclic) bond motifs is 6. The Morgan fingerprint density at radius 2 is 2.03 bits per heavy atom. The number of ketones is 1. The van der Waals surface area contributed by atoms with Gasteiger partial charge in [-0.3, -0.25) is 4.79 Å². The number of nitrogens with one attached hydrogen (secondary N) is 1. The quantitative estimate of drug-likeness (QED) is 0.572. The predicted octanol–water partition coefficient (Wildman–Crippen LogP) is 4.18. The summed E-state index contributed by atoms with van der Waals surface area (Å²) in [6.45, 7) is 10.3. The Bertz CT molecular complexity index is 876. The minimum absolute atomic E-state index is 0.0653. The Balaban J connectivity index is 1.39. The topological polar surface area (TPSA) is 58.6 Å². The van der Waals surface area contributed by atoms with Gasteiger partial charge in [-0.05, 0) is 87.2 Å². The zero-order chi connectivity index (χ0) is 21.7. The first kappa shape index (κ1) is 20.6. The normalized spacial score (nSPS) is 53.7. The van der Waals surface area contributed by atoms with Gasteiger partial charge in [-0.1, -0.05) is 32.4 Å². The summed E-state index contributed by atoms with van der Waals surface area (Å²) >= 11 is 0. The molecule has 4 aliphatic carbocycles. The molecule has 10 atom stereocenters. The molecule has 0 aromatic heterocycles. The smallest absolute Gasteiger partial charge is 0.163 e. The van der Waals surface area contributed by atoms with Crippen molar-refractivity contribution in [3.63, 3.8) is 0 Å². The van der Waals surface area contributed by atoms with Crippen molar-refractivity contribution in [2.24, 2.45) is 35.0 Å². The summed E-state index contributed by atoms with van der Waals surface area (Å²) in [5.74, 6) is 2.41. The highest BCUT2D eigenvalue weighted by Crippen LogP contribution is 2.63. The lowest BCUT2D eigenvalue weighted by Gasteiger charge is -2.48. The summed E-state index contributed by atoms with van der Waals surface area (Å²) in [5.41, 5.74) is 3.43. The lowest BCUT2D eigenvalue weighted by Crippen LogP contribution is -2.49. The molecule has 4 heteroatoms. The van der Waals surface area contributed by atoms with Crippen LogP contribution < -0.4 is 5.32 Å². The van der Waals surface area contributed by atoms with E-state index in [2.05, 4.69) is 39.1 Å². The van der Waals surface area contributed by atoms with Gasteiger partial charge in [0.25, 0.3) is 0 Å². The van der Waals surface area contributed by atoms with E-state index in [0.717, 1.165) is 57.1 Å². The van der Waals surface area contributed by atoms with Crippen LogP contribution in [0.4, 0.5) is 0 Å². The lowest BCUT2D eigenvalue weighted by atomic mass is 9.56. The molecular weight excluding hydrogens is 386 g/mol. The number of hydrogen-bond donors (Lipinski definition) is 2. The van der Waals surface area contributed by atoms with E-state index >= 15 is 0 Å². The molecule has 31 heavy (non-hydrogen) atoms. The van der Waals surface area contributed by atoms with Gasteiger partial charge in [0, 0.05) is 23.5 Å². The largest absolute Gasteiger partial charge is 0.393 e. The molecule has 1 spiro atoms. The molecule has 0 unspecified atom stereocenters. The molecule has 2 aliphatic heterocycles. The third-order valence-corrected chi connectivity index (χ3v) is 10.6. The summed E-state index contributed by atoms with van der Waals surface area (Å²) in [7, 11) is 0. The number of carbonyl (C=O) groups excluding carboxylic acids is 1. The SMILES string of the molecule is CC1=C2C(=O)[C@@H]3[C@H](CC=C4C[C@H](O)CC[C@@]43C)[C@@H]2CC[C@]12O[C@@H]1C[C@H](C)CN[C@H]1[C@@H]2C. The molecule has 0 aromatic rings. The average molecular weight is 426 g/mol. The van der Waals surface area contributed by atoms with Crippen molar-refractivity contribution in [3.8, 4) is 0 Å². The Morgan fingerprint density at radius 1 is 1.23 bits per heavy atom. The molecule has 170 valence electrons. The molecule has 6 aliphatic rings. The Labute approximate surface area is 186 Å². The number of Topliss-reactive ketones (excluding diaryl/α,β-unsaturated/α-hetero) is 1. The fourth-order valence-electron chi connectivity index (χ4n) is 8.93. The summed E-state index contributed by atoms with van der Waals surface area (Å²) in [5, 5.41) is 14.0. The lowest BCUT2D eigenvalue weighted by molar-refractivity contribution is -0.123. The van der Waals surface area contributed by atoms with Crippen LogP contribution in [0.3, 0.4) is 0 Å². The first-order valence-corrected chi connectivity index (χ1v) is 12.8. The number of carbonyl (C=O) groups is 1. The first-order valence-electron chi connectivity index (χ1n) is 12.8. The van der Waals surface area contributed by atoms with Gasteiger partial charge >= 0.3 is 0 Å². The maximum atomic E-state index is 14.1. The van der Waals surface area contributed by atoms with Crippen LogP contribution in [0.25, 0.3) is 0 Å². The van der Waals surface area contributed by atoms with E-state index in [4.69, 9.17) is 4.74 Å². The van der Waals surface area contributed by atoms with Crippen LogP contribution in [-0.2, 0) is 9.53 Å². The number of ether oxygens (including phenoxy) is 1. The molecule has 0 aromatic carbocycles. The van der Waals surface area contributed by atoms with Gasteiger partial charge in [0.15, 0.2) is 5.78 Å². The van der Waals surface area contributed by atoms with Gasteiger partial charge in [-0.15, -0.1) is 0 Å². The van der Waals surface area contributed by atoms with Crippen LogP contribution in [0, 0.1) is 35.0 Å². The second kappa shape index (κ2) is 6.77. The molecule has 6 rings (SSSR count). The summed E-state index contributed by atoms with van der Waals surface area (Å²) in [4.78, 5) is 14.1. The third-order valence-electron chi connectivity index (χ3n) is 10.6. The van der Waals surface area contributed by atoms with Crippen molar-refractivity contribution in [2.75, 3.05) is 6.54 Å². The van der Waals surface area contributed by atoms with Gasteiger partial charge in [-0.2, -0.15) is 0 Å². The Hall–Kier alpha value is -0.970. The van der Waals surface area contributed by atoms with Crippen molar-refractivity contribution in [1.29, 1.82) is 0 Å². The maximum Gasteiger partial charge on any atom is 0.163 e. The molecule has 0 bridgehead atoms. The number of allylic oxidation sites excluding steroid dienone is 2. The van der Waals surface area contributed by atoms with Crippen LogP contribution in [0.2, 0.25) is 0 Å². The highest BCUT2D eigenvalue weighted by Gasteiger charge is 2.63. The minimum Gasteiger partial charge on any atom is -0.393 e. The molecule has 0 radical (unpaired) electrons. The molecule has 2 N–H and O–H groups in total. The van der Waals surface area contributed by atoms with E-state index in [0.29, 0.717) is 35.5 Å². The minimum atomic E-state index is -0.263. The van der Waals surface area contributed by atoms with Gasteiger partial charge in [-0.25, -0.2) is 0 Å². The molecule has 4 nitrogen and oxygen atoms in total. The molecule has 2 saturated heterocycles. The second-order valence-corrected chi connectivity index (χ2v) is 12.1. The number of rotatable bonds is 0. The summed E-state index contributed by atoms with van der Waals surface area (Å²) in [6.07, 6.45) is 9.23. The van der Waals surface area contributed by atoms with Crippen molar-refractivity contribution in [1.82, 2.24) is 5.32 Å². The van der Waals surface area contributed by atoms with Crippen molar-refractivity contribution < 1.29 is 14.6 Å². The fourth-order valence-corrected chi connectivity index (χ4v) is 8.93. The predicted molar refractivity (Wildman–Crippen MR) is 120 cm³/mol. The van der Waals surface area contributed by atoms with Crippen LogP contribution in [0.5, 0.6) is 0 Å². The molecule has 4 fully saturated rings. The van der Waals surface area contributed by atoms with Crippen molar-refractivity contribution in [3.05, 3.63) is 22.8 Å². The first-order chi connectivity index (χ1) is 14.8. The van der Waals surface area contributed by atoms with Crippen molar-refractivity contribution >= 4 is 5.78 Å². The molecule has 2 saturated carbocycles. The van der Waals surface area contributed by atoms with Crippen LogP contribution in [0.15, 0.2) is 22.8 Å². The Morgan fingerprint density at radius 3 is 2.84 bits per heavy atom. The third kappa shape index (κ3) is 2.62. The number of aliphatic hydroxyl groups excluding tert-OH is 1. The van der Waals surface area contributed by atoms with Gasteiger partial charge in [0.05, 0.1) is 17.8 Å². The van der Waals surface area contributed by atoms with Crippen LogP contribution in [0.1, 0.15) is 72.6 Å². The van der Waals surface area contributed by atoms with E-state index in [-0.39, 0.29) is 29.1 Å². The Kier molecular flexibility index (Phi) is 4.51. The van der Waals surface area contributed by atoms with Gasteiger partial charge in [0.1, 0.15) is 0 Å². The number of piperidine rings is 1. The van der Waals surface area contributed by atoms with E-state index in [9.17, 15) is 9.90 Å². The van der Waals surface area contributed by atoms with Gasteiger partial charge in [0.2, 0.25) is 0 Å². The summed E-state index contributed by atoms with van der Waals surface area (Å²) in [6, 6.07) is 0.410. The van der Waals surface area contributed by atoms with Crippen LogP contribution >= 0.6 is 0 Å². The number of aliphatic hydroxyl groups is 1. The molecule has 2 heterocycles. The second-order valence-electron chi connectivity index (χ2n) is 12.1. The molecular formula is C27H39NO3. The maximum absolute atomic E-state index is 14.1. The van der Waals surface area contributed by atoms with Crippen LogP contribution in [-0.4, -0.2) is 41.3 Å². The van der Waals surface area contributed by atoms with E-state index in [1.807, 2.05) is 0 Å². The average Bonchev–Trinajstić information content (AvgIpc) is 3.18. The molecule has 0 amide bonds. The zero-order valence-electron chi connectivity index (χ0n) is 19.6. The highest BCUT2D eigenvalue weighted by atomic mass is 16.5. The summed E-state index contributed by atoms with van der Waals surface area (Å²) < 4.78 is 6.93. The van der Waals surface area contributed by atoms with Gasteiger partial charge < -0.3 is 15.2 Å². The van der Waals surface area contributed by atoms with E-state index in [1.54, 1.807) is 0 Å². The highest BCUT2D eigenvalue weighted by molar-refractivity contribution is 6.02. The number of hydrogen-bond acceptors (Lipinski definition) is 4. The standard InChI is InChI=1S/C27H39NO3/c1-14-11-21-24(28-13-14)16(3)27(31-21)10-8-19-20-6-5-17-12-18(29)7-9-26(17,4)23(20)25(30)22(19)15(27)2/h5,14,16,18-21,23-24,28-29H,6-13H2,1-4H3/t14-,16-,18+,19-,20+,21+,23-,24-,26-,27-/m0/s1. The van der Waals surface area contributed by atoms with Crippen molar-refractivity contribution in [2.45, 2.75) is 96.5 Å².